The van der Waals surface area contributed by atoms with E-state index in [9.17, 15) is 47.9 Å². The summed E-state index contributed by atoms with van der Waals surface area (Å²) in [6.07, 6.45) is 0. The minimum absolute atomic E-state index is 0.00298. The van der Waals surface area contributed by atoms with E-state index in [-0.39, 0.29) is 72.2 Å². The summed E-state index contributed by atoms with van der Waals surface area (Å²) in [7, 11) is 36.3. The van der Waals surface area contributed by atoms with E-state index in [2.05, 4.69) is 127 Å². The van der Waals surface area contributed by atoms with Crippen LogP contribution in [0.25, 0.3) is 22.8 Å². The van der Waals surface area contributed by atoms with Gasteiger partial charge >= 0.3 is 0 Å². The Morgan fingerprint density at radius 1 is 0.295 bits per heavy atom. The van der Waals surface area contributed by atoms with Crippen LogP contribution in [-0.4, -0.2) is 288 Å². The lowest BCUT2D eigenvalue weighted by molar-refractivity contribution is 0.0303. The predicted molar refractivity (Wildman–Crippen MR) is 553 cm³/mol. The van der Waals surface area contributed by atoms with Crippen molar-refractivity contribution < 1.29 is 57.8 Å². The van der Waals surface area contributed by atoms with Gasteiger partial charge in [-0.05, 0) is 203 Å². The second-order valence-electron chi connectivity index (χ2n) is 29.0. The van der Waals surface area contributed by atoms with Crippen LogP contribution in [0.3, 0.4) is 0 Å². The molecule has 1 aliphatic heterocycles. The summed E-state index contributed by atoms with van der Waals surface area (Å²) < 4.78 is 8.42. The van der Waals surface area contributed by atoms with Crippen LogP contribution >= 0.6 is 0 Å². The number of nitrogens with zero attached hydrogens (tertiary/aromatic N) is 10. The average molecular weight is 1910 g/mol. The first-order chi connectivity index (χ1) is 66.9. The summed E-state index contributed by atoms with van der Waals surface area (Å²) in [5.41, 5.74) is 17.2. The number of carbonyl (C=O) groups excluding carboxylic acids is 10. The molecule has 0 radical (unpaired) electrons. The molecule has 12 aromatic rings. The van der Waals surface area contributed by atoms with E-state index < -0.39 is 0 Å². The number of amides is 10. The van der Waals surface area contributed by atoms with Gasteiger partial charge in [0, 0.05) is 291 Å². The molecule has 0 bridgehead atoms. The number of likely N-dealkylation sites (N-methyl/N-ethyl adjacent to an activating group) is 1. The monoisotopic (exact) mass is 1910 g/mol. The molecule has 740 valence electrons. The highest BCUT2D eigenvalue weighted by atomic mass is 16.5. The standard InChI is InChI=1S/C14H18N6O2.C13H18N6O2.8C9H12N2O/c1-15-12-8-10(13-16-17-18-19(13)2)7-11(9-12)14(21)20-3-5-22-6-4-20;1-14-11-7-9(12-15-16-17-19(12)3)6-10(8-11)13(21)18(2)4-5-20;8*1-10-8-5-3-4-7(6-8)9(12)11-2/h7-9,15H,3-6H2,1-2H3;6-8,14,20H,4-5H2,1-3H3;8*3-6,10H,1-2H3,(H,11,12). The Bertz CT molecular complexity index is 5170. The Morgan fingerprint density at radius 2 is 0.504 bits per heavy atom. The van der Waals surface area contributed by atoms with E-state index in [1.54, 1.807) is 208 Å². The normalized spacial score (nSPS) is 10.3. The molecular weight excluding hydrogens is 1770 g/mol. The highest BCUT2D eigenvalue weighted by Gasteiger charge is 2.22. The summed E-state index contributed by atoms with van der Waals surface area (Å²) >= 11 is 0. The number of tetrazole rings is 2. The lowest BCUT2D eigenvalue weighted by atomic mass is 10.1. The van der Waals surface area contributed by atoms with Crippen molar-refractivity contribution in [3.05, 3.63) is 286 Å². The lowest BCUT2D eigenvalue weighted by Crippen LogP contribution is -2.40. The molecule has 0 saturated carbocycles. The van der Waals surface area contributed by atoms with Crippen molar-refractivity contribution in [3.63, 3.8) is 0 Å². The Kier molecular flexibility index (Phi) is 52.0. The lowest BCUT2D eigenvalue weighted by Gasteiger charge is -2.27. The van der Waals surface area contributed by atoms with Crippen molar-refractivity contribution >= 4 is 116 Å². The van der Waals surface area contributed by atoms with Crippen LogP contribution in [0.4, 0.5) is 56.9 Å². The van der Waals surface area contributed by atoms with Gasteiger partial charge in [0.1, 0.15) is 0 Å². The number of hydrogen-bond acceptors (Lipinski definition) is 28. The Balaban J connectivity index is 0.000000326. The Morgan fingerprint density at radius 3 is 0.698 bits per heavy atom. The summed E-state index contributed by atoms with van der Waals surface area (Å²) in [6.45, 7) is 2.60. The largest absolute Gasteiger partial charge is 0.395 e. The molecule has 1 fully saturated rings. The highest BCUT2D eigenvalue weighted by Crippen LogP contribution is 2.26. The number of aliphatic hydroxyl groups excluding tert-OH is 1. The van der Waals surface area contributed by atoms with Crippen LogP contribution < -0.4 is 95.7 Å². The molecule has 0 spiro atoms. The molecule has 10 amide bonds. The molecule has 10 aromatic carbocycles. The number of carbonyl (C=O) groups is 10. The van der Waals surface area contributed by atoms with Gasteiger partial charge in [-0.25, -0.2) is 9.36 Å². The molecule has 0 unspecified atom stereocenters. The van der Waals surface area contributed by atoms with E-state index in [4.69, 9.17) is 9.84 Å². The molecule has 1 saturated heterocycles. The minimum atomic E-state index is -0.169. The van der Waals surface area contributed by atoms with Gasteiger partial charge in [0.15, 0.2) is 11.6 Å². The first-order valence-corrected chi connectivity index (χ1v) is 43.8. The number of hydrogen-bond donors (Lipinski definition) is 19. The van der Waals surface area contributed by atoms with Gasteiger partial charge in [-0.2, -0.15) is 0 Å². The van der Waals surface area contributed by atoms with E-state index in [0.717, 1.165) is 68.0 Å². The topological polar surface area (TPSA) is 510 Å². The fourth-order valence-electron chi connectivity index (χ4n) is 12.1. The zero-order chi connectivity index (χ0) is 103. The molecular formula is C99H132N28O12. The third kappa shape index (κ3) is 38.8. The van der Waals surface area contributed by atoms with Crippen molar-refractivity contribution in [2.75, 3.05) is 227 Å². The van der Waals surface area contributed by atoms with Crippen molar-refractivity contribution in [3.8, 4) is 22.8 Å². The van der Waals surface area contributed by atoms with Crippen LogP contribution in [0.2, 0.25) is 0 Å². The summed E-state index contributed by atoms with van der Waals surface area (Å²) in [4.78, 5) is 117. The fourth-order valence-corrected chi connectivity index (χ4v) is 12.1. The molecule has 19 N–H and O–H groups in total. The van der Waals surface area contributed by atoms with Gasteiger partial charge < -0.3 is 115 Å². The van der Waals surface area contributed by atoms with Crippen molar-refractivity contribution in [1.82, 2.24) is 92.7 Å². The second-order valence-corrected chi connectivity index (χ2v) is 29.0. The summed E-state index contributed by atoms with van der Waals surface area (Å²) in [5.74, 6) is 0.519. The molecule has 0 aliphatic carbocycles. The first kappa shape index (κ1) is 114. The maximum absolute atomic E-state index is 12.7. The van der Waals surface area contributed by atoms with Crippen LogP contribution in [0.1, 0.15) is 104 Å². The number of benzene rings is 10. The van der Waals surface area contributed by atoms with Crippen molar-refractivity contribution in [2.45, 2.75) is 0 Å². The van der Waals surface area contributed by atoms with Crippen molar-refractivity contribution in [1.29, 1.82) is 0 Å². The van der Waals surface area contributed by atoms with Crippen molar-refractivity contribution in [2.24, 2.45) is 14.1 Å². The van der Waals surface area contributed by atoms with E-state index in [1.165, 1.54) is 4.90 Å². The molecule has 3 heterocycles. The van der Waals surface area contributed by atoms with E-state index in [0.29, 0.717) is 93.6 Å². The smallest absolute Gasteiger partial charge is 0.254 e. The number of ether oxygens (including phenoxy) is 1. The SMILES string of the molecule is CNC(=O)c1cccc(NC)c1.CNC(=O)c1cccc(NC)c1.CNC(=O)c1cccc(NC)c1.CNC(=O)c1cccc(NC)c1.CNC(=O)c1cccc(NC)c1.CNC(=O)c1cccc(NC)c1.CNC(=O)c1cccc(NC)c1.CNC(=O)c1cccc(NC)c1.CNc1cc(C(=O)N(C)CCO)cc(-c2nnnn2C)c1.CNc1cc(C(=O)N2CCOCC2)cc(-c2nnnn2C)c1. The molecule has 139 heavy (non-hydrogen) atoms. The molecule has 40 nitrogen and oxygen atoms in total. The van der Waals surface area contributed by atoms with Gasteiger partial charge in [-0.3, -0.25) is 47.9 Å². The number of morpholine rings is 1. The van der Waals surface area contributed by atoms with Gasteiger partial charge in [0.2, 0.25) is 0 Å². The van der Waals surface area contributed by atoms with E-state index in [1.807, 2.05) is 185 Å². The van der Waals surface area contributed by atoms with Crippen LogP contribution in [0.5, 0.6) is 0 Å². The Labute approximate surface area is 812 Å². The third-order valence-corrected chi connectivity index (χ3v) is 19.9. The number of rotatable bonds is 24. The molecule has 2 aromatic heterocycles. The fraction of sp³-hybridized carbons (Fsp3) is 0.273. The summed E-state index contributed by atoms with van der Waals surface area (Å²) in [6, 6.07) is 69.6. The maximum atomic E-state index is 12.7. The zero-order valence-corrected chi connectivity index (χ0v) is 82.6. The number of aryl methyl sites for hydroxylation is 2. The average Bonchev–Trinajstić information content (AvgIpc) is 1.78. The first-order valence-electron chi connectivity index (χ1n) is 43.8. The number of nitrogens with one attached hydrogen (secondary N) is 18. The third-order valence-electron chi connectivity index (χ3n) is 19.9. The van der Waals surface area contributed by atoms with Crippen LogP contribution in [0.15, 0.2) is 231 Å². The van der Waals surface area contributed by atoms with Gasteiger partial charge in [0.25, 0.3) is 59.1 Å². The molecule has 0 atom stereocenters. The Hall–Kier alpha value is -17.0. The zero-order valence-electron chi connectivity index (χ0n) is 82.6. The van der Waals surface area contributed by atoms with Gasteiger partial charge in [0.05, 0.1) is 19.8 Å². The van der Waals surface area contributed by atoms with Gasteiger partial charge in [-0.15, -0.1) is 10.2 Å². The van der Waals surface area contributed by atoms with Gasteiger partial charge in [-0.1, -0.05) is 48.5 Å². The number of anilines is 10. The highest BCUT2D eigenvalue weighted by molar-refractivity contribution is 6.01. The quantitative estimate of drug-likeness (QED) is 0.0268. The second kappa shape index (κ2) is 63.2. The van der Waals surface area contributed by atoms with Crippen LogP contribution in [0, 0.1) is 0 Å². The molecule has 40 heteroatoms. The molecule has 13 rings (SSSR count). The molecule has 1 aliphatic rings. The predicted octanol–water partition coefficient (Wildman–Crippen LogP) is 9.08. The number of aromatic nitrogens is 8. The number of aliphatic hydroxyl groups is 1. The van der Waals surface area contributed by atoms with E-state index >= 15 is 0 Å². The van der Waals surface area contributed by atoms with Crippen LogP contribution in [-0.2, 0) is 18.8 Å². The minimum Gasteiger partial charge on any atom is -0.395 e. The summed E-state index contributed by atoms with van der Waals surface area (Å²) in [5, 5.41) is 82.1. The maximum Gasteiger partial charge on any atom is 0.254 e.